The van der Waals surface area contributed by atoms with Crippen LogP contribution in [0.25, 0.3) is 0 Å². The molecule has 2 heterocycles. The van der Waals surface area contributed by atoms with Crippen molar-refractivity contribution in [3.63, 3.8) is 0 Å². The summed E-state index contributed by atoms with van der Waals surface area (Å²) in [5.74, 6) is 0.282. The number of hydrogen-bond acceptors (Lipinski definition) is 3. The first-order valence-corrected chi connectivity index (χ1v) is 7.04. The van der Waals surface area contributed by atoms with E-state index in [0.717, 1.165) is 32.6 Å². The molecule has 0 bridgehead atoms. The van der Waals surface area contributed by atoms with Crippen LogP contribution in [0.1, 0.15) is 32.6 Å². The summed E-state index contributed by atoms with van der Waals surface area (Å²) >= 11 is 0. The van der Waals surface area contributed by atoms with Crippen LogP contribution in [0, 0.1) is 0 Å². The van der Waals surface area contributed by atoms with E-state index in [1.54, 1.807) is 0 Å². The minimum absolute atomic E-state index is 0.282. The van der Waals surface area contributed by atoms with Gasteiger partial charge in [-0.3, -0.25) is 9.69 Å². The fourth-order valence-corrected chi connectivity index (χ4v) is 2.96. The van der Waals surface area contributed by atoms with Crippen LogP contribution in [0.5, 0.6) is 0 Å². The number of likely N-dealkylation sites (tertiary alicyclic amines) is 1. The summed E-state index contributed by atoms with van der Waals surface area (Å²) in [7, 11) is 0. The van der Waals surface area contributed by atoms with Gasteiger partial charge in [0, 0.05) is 19.1 Å². The molecule has 2 fully saturated rings. The van der Waals surface area contributed by atoms with Gasteiger partial charge >= 0.3 is 0 Å². The minimum Gasteiger partial charge on any atom is -0.340 e. The zero-order chi connectivity index (χ0) is 12.1. The predicted molar refractivity (Wildman–Crippen MR) is 69.0 cm³/mol. The van der Waals surface area contributed by atoms with Gasteiger partial charge in [0.1, 0.15) is 0 Å². The Balaban J connectivity index is 1.90. The molecule has 4 nitrogen and oxygen atoms in total. The van der Waals surface area contributed by atoms with Crippen molar-refractivity contribution in [2.24, 2.45) is 0 Å². The summed E-state index contributed by atoms with van der Waals surface area (Å²) in [5, 5.41) is 3.18. The molecule has 17 heavy (non-hydrogen) atoms. The molecule has 0 aromatic heterocycles. The molecule has 4 heteroatoms. The van der Waals surface area contributed by atoms with Crippen molar-refractivity contribution in [2.45, 2.75) is 38.6 Å². The Bertz CT molecular complexity index is 257. The number of amides is 1. The summed E-state index contributed by atoms with van der Waals surface area (Å²) in [6.07, 6.45) is 4.98. The summed E-state index contributed by atoms with van der Waals surface area (Å²) in [6.45, 7) is 7.92. The van der Waals surface area contributed by atoms with Gasteiger partial charge in [-0.15, -0.1) is 0 Å². The summed E-state index contributed by atoms with van der Waals surface area (Å²) in [5.41, 5.74) is 0. The lowest BCUT2D eigenvalue weighted by molar-refractivity contribution is -0.130. The van der Waals surface area contributed by atoms with E-state index in [-0.39, 0.29) is 5.91 Å². The number of rotatable bonds is 3. The van der Waals surface area contributed by atoms with Crippen molar-refractivity contribution >= 4 is 5.91 Å². The number of piperidine rings is 1. The first-order valence-electron chi connectivity index (χ1n) is 7.04. The summed E-state index contributed by atoms with van der Waals surface area (Å²) < 4.78 is 0. The SMILES string of the molecule is CCN1CCCCC1CN1CCCNCC1=O. The van der Waals surface area contributed by atoms with Gasteiger partial charge in [-0.2, -0.15) is 0 Å². The van der Waals surface area contributed by atoms with Crippen LogP contribution in [0.2, 0.25) is 0 Å². The highest BCUT2D eigenvalue weighted by atomic mass is 16.2. The van der Waals surface area contributed by atoms with Crippen molar-refractivity contribution < 1.29 is 4.79 Å². The van der Waals surface area contributed by atoms with Crippen LogP contribution in [-0.2, 0) is 4.79 Å². The van der Waals surface area contributed by atoms with Gasteiger partial charge in [0.2, 0.25) is 5.91 Å². The van der Waals surface area contributed by atoms with Crippen LogP contribution in [0.4, 0.5) is 0 Å². The molecule has 98 valence electrons. The van der Waals surface area contributed by atoms with Gasteiger partial charge < -0.3 is 10.2 Å². The molecule has 2 aliphatic heterocycles. The van der Waals surface area contributed by atoms with Gasteiger partial charge in [0.15, 0.2) is 0 Å². The average molecular weight is 239 g/mol. The van der Waals surface area contributed by atoms with Gasteiger partial charge in [-0.1, -0.05) is 13.3 Å². The molecular formula is C13H25N3O. The topological polar surface area (TPSA) is 35.6 Å². The third-order valence-corrected chi connectivity index (χ3v) is 4.00. The monoisotopic (exact) mass is 239 g/mol. The van der Waals surface area contributed by atoms with Crippen molar-refractivity contribution in [2.75, 3.05) is 39.3 Å². The minimum atomic E-state index is 0.282. The Morgan fingerprint density at radius 1 is 1.29 bits per heavy atom. The van der Waals surface area contributed by atoms with E-state index in [2.05, 4.69) is 22.0 Å². The van der Waals surface area contributed by atoms with Gasteiger partial charge in [-0.05, 0) is 38.9 Å². The molecule has 1 atom stereocenters. The van der Waals surface area contributed by atoms with Gasteiger partial charge in [0.05, 0.1) is 6.54 Å². The smallest absolute Gasteiger partial charge is 0.236 e. The quantitative estimate of drug-likeness (QED) is 0.787. The van der Waals surface area contributed by atoms with Crippen LogP contribution >= 0.6 is 0 Å². The average Bonchev–Trinajstić information content (AvgIpc) is 2.56. The molecule has 0 aromatic carbocycles. The third kappa shape index (κ3) is 3.42. The van der Waals surface area contributed by atoms with E-state index in [1.165, 1.54) is 25.8 Å². The van der Waals surface area contributed by atoms with Crippen LogP contribution in [0.3, 0.4) is 0 Å². The normalized spacial score (nSPS) is 28.2. The largest absolute Gasteiger partial charge is 0.340 e. The Labute approximate surface area is 104 Å². The second-order valence-corrected chi connectivity index (χ2v) is 5.15. The maximum Gasteiger partial charge on any atom is 0.236 e. The number of likely N-dealkylation sites (N-methyl/N-ethyl adjacent to an activating group) is 1. The first kappa shape index (κ1) is 12.8. The lowest BCUT2D eigenvalue weighted by Crippen LogP contribution is -2.48. The highest BCUT2D eigenvalue weighted by Crippen LogP contribution is 2.18. The molecule has 1 unspecified atom stereocenters. The Hall–Kier alpha value is -0.610. The maximum absolute atomic E-state index is 11.9. The van der Waals surface area contributed by atoms with E-state index in [1.807, 2.05) is 0 Å². The molecule has 0 radical (unpaired) electrons. The molecule has 0 aromatic rings. The Kier molecular flexibility index (Phi) is 4.80. The standard InChI is InChI=1S/C13H25N3O/c1-2-15-8-4-3-6-12(15)11-16-9-5-7-14-10-13(16)17/h12,14H,2-11H2,1H3. The fourth-order valence-electron chi connectivity index (χ4n) is 2.96. The Morgan fingerprint density at radius 3 is 3.00 bits per heavy atom. The van der Waals surface area contributed by atoms with Crippen molar-refractivity contribution in [3.8, 4) is 0 Å². The number of nitrogens with zero attached hydrogens (tertiary/aromatic N) is 2. The molecular weight excluding hydrogens is 214 g/mol. The number of carbonyl (C=O) groups excluding carboxylic acids is 1. The molecule has 2 saturated heterocycles. The van der Waals surface area contributed by atoms with E-state index < -0.39 is 0 Å². The highest BCUT2D eigenvalue weighted by Gasteiger charge is 2.25. The molecule has 0 aliphatic carbocycles. The molecule has 0 saturated carbocycles. The predicted octanol–water partition coefficient (Wildman–Crippen LogP) is 0.683. The van der Waals surface area contributed by atoms with Crippen molar-refractivity contribution in [1.29, 1.82) is 0 Å². The molecule has 0 spiro atoms. The number of hydrogen-bond donors (Lipinski definition) is 1. The molecule has 2 aliphatic rings. The van der Waals surface area contributed by atoms with Crippen molar-refractivity contribution in [1.82, 2.24) is 15.1 Å². The van der Waals surface area contributed by atoms with Gasteiger partial charge in [-0.25, -0.2) is 0 Å². The van der Waals surface area contributed by atoms with Crippen LogP contribution < -0.4 is 5.32 Å². The lowest BCUT2D eigenvalue weighted by atomic mass is 10.0. The zero-order valence-corrected chi connectivity index (χ0v) is 11.0. The second-order valence-electron chi connectivity index (χ2n) is 5.15. The van der Waals surface area contributed by atoms with E-state index in [4.69, 9.17) is 0 Å². The summed E-state index contributed by atoms with van der Waals surface area (Å²) in [4.78, 5) is 16.5. The van der Waals surface area contributed by atoms with Crippen LogP contribution in [0.15, 0.2) is 0 Å². The Morgan fingerprint density at radius 2 is 2.18 bits per heavy atom. The molecule has 1 N–H and O–H groups in total. The van der Waals surface area contributed by atoms with Gasteiger partial charge in [0.25, 0.3) is 0 Å². The third-order valence-electron chi connectivity index (χ3n) is 4.00. The van der Waals surface area contributed by atoms with E-state index in [0.29, 0.717) is 12.6 Å². The number of nitrogens with one attached hydrogen (secondary N) is 1. The fraction of sp³-hybridized carbons (Fsp3) is 0.923. The molecule has 2 rings (SSSR count). The highest BCUT2D eigenvalue weighted by molar-refractivity contribution is 5.78. The van der Waals surface area contributed by atoms with E-state index >= 15 is 0 Å². The maximum atomic E-state index is 11.9. The van der Waals surface area contributed by atoms with E-state index in [9.17, 15) is 4.79 Å². The first-order chi connectivity index (χ1) is 8.31. The zero-order valence-electron chi connectivity index (χ0n) is 11.0. The number of carbonyl (C=O) groups is 1. The summed E-state index contributed by atoms with van der Waals surface area (Å²) in [6, 6.07) is 0.593. The lowest BCUT2D eigenvalue weighted by Gasteiger charge is -2.37. The molecule has 1 amide bonds. The second kappa shape index (κ2) is 6.36. The van der Waals surface area contributed by atoms with Crippen LogP contribution in [-0.4, -0.2) is 61.0 Å². The van der Waals surface area contributed by atoms with Crippen molar-refractivity contribution in [3.05, 3.63) is 0 Å².